The van der Waals surface area contributed by atoms with Gasteiger partial charge in [0.2, 0.25) is 0 Å². The van der Waals surface area contributed by atoms with Gasteiger partial charge in [0.05, 0.1) is 0 Å². The van der Waals surface area contributed by atoms with Gasteiger partial charge < -0.3 is 14.2 Å². The molecule has 0 spiro atoms. The van der Waals surface area contributed by atoms with E-state index < -0.39 is 6.10 Å². The molecule has 0 rings (SSSR count). The molecule has 0 aromatic heterocycles. The topological polar surface area (TPSA) is 78.9 Å². The molecule has 0 aliphatic carbocycles. The van der Waals surface area contributed by atoms with Gasteiger partial charge in [-0.05, 0) is 44.9 Å². The summed E-state index contributed by atoms with van der Waals surface area (Å²) in [6, 6.07) is 0. The summed E-state index contributed by atoms with van der Waals surface area (Å²) in [6.45, 7) is 6.53. The number of esters is 3. The van der Waals surface area contributed by atoms with Gasteiger partial charge in [-0.15, -0.1) is 0 Å². The van der Waals surface area contributed by atoms with Crippen LogP contribution in [0.1, 0.15) is 258 Å². The minimum Gasteiger partial charge on any atom is -0.462 e. The van der Waals surface area contributed by atoms with Crippen LogP contribution in [-0.2, 0) is 28.6 Å². The van der Waals surface area contributed by atoms with Gasteiger partial charge in [0.25, 0.3) is 0 Å². The van der Waals surface area contributed by atoms with Gasteiger partial charge in [-0.2, -0.15) is 0 Å². The van der Waals surface area contributed by atoms with Crippen LogP contribution in [0.5, 0.6) is 0 Å². The van der Waals surface area contributed by atoms with Crippen LogP contribution in [0, 0.1) is 0 Å². The lowest BCUT2D eigenvalue weighted by Gasteiger charge is -2.18. The predicted octanol–water partition coefficient (Wildman–Crippen LogP) is 15.6. The molecule has 0 aliphatic rings. The molecule has 0 aliphatic heterocycles. The Kier molecular flexibility index (Phi) is 43.9. The highest BCUT2D eigenvalue weighted by Crippen LogP contribution is 2.16. The van der Waals surface area contributed by atoms with Gasteiger partial charge in [-0.1, -0.05) is 218 Å². The van der Waals surface area contributed by atoms with E-state index in [4.69, 9.17) is 14.2 Å². The molecule has 0 heterocycles. The van der Waals surface area contributed by atoms with Crippen molar-refractivity contribution in [3.05, 3.63) is 24.3 Å². The summed E-state index contributed by atoms with van der Waals surface area (Å²) in [5.41, 5.74) is 0. The Balaban J connectivity index is 4.31. The monoisotopic (exact) mass is 789 g/mol. The molecule has 0 aromatic carbocycles. The SMILES string of the molecule is CC/C=C\C/C=C\CCCCCCCCCC(=O)OC(COC(=O)CCCCCCCCCCC)COC(=O)CCCCCCCCCCCCCCCCC. The van der Waals surface area contributed by atoms with E-state index in [1.165, 1.54) is 141 Å². The molecule has 1 unspecified atom stereocenters. The van der Waals surface area contributed by atoms with Gasteiger partial charge in [-0.25, -0.2) is 0 Å². The molecule has 0 aromatic rings. The molecule has 0 saturated heterocycles. The summed E-state index contributed by atoms with van der Waals surface area (Å²) in [5.74, 6) is -0.871. The number of hydrogen-bond donors (Lipinski definition) is 0. The Morgan fingerprint density at radius 1 is 0.375 bits per heavy atom. The summed E-state index contributed by atoms with van der Waals surface area (Å²) < 4.78 is 16.7. The van der Waals surface area contributed by atoms with Crippen LogP contribution in [-0.4, -0.2) is 37.2 Å². The second-order valence-electron chi connectivity index (χ2n) is 16.4. The minimum atomic E-state index is -0.767. The summed E-state index contributed by atoms with van der Waals surface area (Å²) in [6.07, 6.45) is 50.2. The van der Waals surface area contributed by atoms with Crippen molar-refractivity contribution in [3.8, 4) is 0 Å². The predicted molar refractivity (Wildman–Crippen MR) is 238 cm³/mol. The summed E-state index contributed by atoms with van der Waals surface area (Å²) in [7, 11) is 0. The van der Waals surface area contributed by atoms with Crippen LogP contribution < -0.4 is 0 Å². The number of allylic oxidation sites excluding steroid dienone is 4. The molecule has 328 valence electrons. The average Bonchev–Trinajstić information content (AvgIpc) is 3.19. The number of hydrogen-bond acceptors (Lipinski definition) is 6. The van der Waals surface area contributed by atoms with Crippen LogP contribution in [0.4, 0.5) is 0 Å². The molecule has 0 fully saturated rings. The standard InChI is InChI=1S/C50H92O6/c1-4-7-10-13-16-19-21-23-25-27-28-31-34-37-40-43-49(52)55-46-47(45-54-48(51)42-39-36-33-30-18-15-12-9-6-3)56-50(53)44-41-38-35-32-29-26-24-22-20-17-14-11-8-5-2/h8,11,17,20,47H,4-7,9-10,12-16,18-19,21-46H2,1-3H3/b11-8-,20-17-. The van der Waals surface area contributed by atoms with E-state index in [1.54, 1.807) is 0 Å². The first-order valence-electron chi connectivity index (χ1n) is 24.3. The number of carbonyl (C=O) groups is 3. The first-order chi connectivity index (χ1) is 27.5. The largest absolute Gasteiger partial charge is 0.462 e. The number of rotatable bonds is 44. The average molecular weight is 789 g/mol. The zero-order chi connectivity index (χ0) is 40.8. The Morgan fingerprint density at radius 2 is 0.696 bits per heavy atom. The molecule has 6 nitrogen and oxygen atoms in total. The van der Waals surface area contributed by atoms with E-state index in [1.807, 2.05) is 0 Å². The fraction of sp³-hybridized carbons (Fsp3) is 0.860. The van der Waals surface area contributed by atoms with Crippen LogP contribution >= 0.6 is 0 Å². The maximum atomic E-state index is 12.7. The Hall–Kier alpha value is -2.11. The molecule has 0 radical (unpaired) electrons. The Morgan fingerprint density at radius 3 is 1.07 bits per heavy atom. The fourth-order valence-electron chi connectivity index (χ4n) is 7.07. The molecule has 1 atom stereocenters. The lowest BCUT2D eigenvalue weighted by atomic mass is 10.0. The maximum Gasteiger partial charge on any atom is 0.306 e. The van der Waals surface area contributed by atoms with Crippen molar-refractivity contribution in [2.45, 2.75) is 264 Å². The Labute approximate surface area is 347 Å². The second-order valence-corrected chi connectivity index (χ2v) is 16.4. The van der Waals surface area contributed by atoms with Crippen molar-refractivity contribution < 1.29 is 28.6 Å². The van der Waals surface area contributed by atoms with Gasteiger partial charge in [0.15, 0.2) is 6.10 Å². The van der Waals surface area contributed by atoms with E-state index in [-0.39, 0.29) is 31.1 Å². The second kappa shape index (κ2) is 45.6. The molecular weight excluding hydrogens is 697 g/mol. The van der Waals surface area contributed by atoms with Crippen LogP contribution in [0.3, 0.4) is 0 Å². The van der Waals surface area contributed by atoms with Crippen molar-refractivity contribution in [2.75, 3.05) is 13.2 Å². The third kappa shape index (κ3) is 43.0. The van der Waals surface area contributed by atoms with Crippen molar-refractivity contribution in [1.82, 2.24) is 0 Å². The van der Waals surface area contributed by atoms with Gasteiger partial charge >= 0.3 is 17.9 Å². The van der Waals surface area contributed by atoms with E-state index in [0.29, 0.717) is 19.3 Å². The molecule has 0 N–H and O–H groups in total. The highest BCUT2D eigenvalue weighted by atomic mass is 16.6. The third-order valence-electron chi connectivity index (χ3n) is 10.7. The van der Waals surface area contributed by atoms with Crippen molar-refractivity contribution in [1.29, 1.82) is 0 Å². The maximum absolute atomic E-state index is 12.7. The molecule has 56 heavy (non-hydrogen) atoms. The first-order valence-corrected chi connectivity index (χ1v) is 24.3. The smallest absolute Gasteiger partial charge is 0.306 e. The summed E-state index contributed by atoms with van der Waals surface area (Å²) in [4.78, 5) is 37.8. The number of carbonyl (C=O) groups excluding carboxylic acids is 3. The lowest BCUT2D eigenvalue weighted by molar-refractivity contribution is -0.167. The first kappa shape index (κ1) is 53.9. The van der Waals surface area contributed by atoms with Gasteiger partial charge in [-0.3, -0.25) is 14.4 Å². The van der Waals surface area contributed by atoms with E-state index in [9.17, 15) is 14.4 Å². The van der Waals surface area contributed by atoms with Crippen LogP contribution in [0.15, 0.2) is 24.3 Å². The van der Waals surface area contributed by atoms with Gasteiger partial charge in [0.1, 0.15) is 13.2 Å². The minimum absolute atomic E-state index is 0.0702. The van der Waals surface area contributed by atoms with Crippen molar-refractivity contribution in [3.63, 3.8) is 0 Å². The zero-order valence-electron chi connectivity index (χ0n) is 37.4. The summed E-state index contributed by atoms with van der Waals surface area (Å²) >= 11 is 0. The van der Waals surface area contributed by atoms with Gasteiger partial charge in [0, 0.05) is 19.3 Å². The highest BCUT2D eigenvalue weighted by Gasteiger charge is 2.19. The highest BCUT2D eigenvalue weighted by molar-refractivity contribution is 5.71. The number of unbranched alkanes of at least 4 members (excludes halogenated alkanes) is 29. The zero-order valence-corrected chi connectivity index (χ0v) is 37.4. The normalized spacial score (nSPS) is 12.1. The van der Waals surface area contributed by atoms with E-state index in [0.717, 1.165) is 77.0 Å². The molecule has 0 saturated carbocycles. The quantitative estimate of drug-likeness (QED) is 0.0265. The van der Waals surface area contributed by atoms with E-state index >= 15 is 0 Å². The number of ether oxygens (including phenoxy) is 3. The molecule has 0 amide bonds. The third-order valence-corrected chi connectivity index (χ3v) is 10.7. The van der Waals surface area contributed by atoms with E-state index in [2.05, 4.69) is 45.1 Å². The summed E-state index contributed by atoms with van der Waals surface area (Å²) in [5, 5.41) is 0. The lowest BCUT2D eigenvalue weighted by Crippen LogP contribution is -2.30. The van der Waals surface area contributed by atoms with Crippen LogP contribution in [0.2, 0.25) is 0 Å². The van der Waals surface area contributed by atoms with Crippen molar-refractivity contribution in [2.24, 2.45) is 0 Å². The molecule has 0 bridgehead atoms. The molecular formula is C50H92O6. The molecule has 6 heteroatoms. The Bertz CT molecular complexity index is 911. The van der Waals surface area contributed by atoms with Crippen LogP contribution in [0.25, 0.3) is 0 Å². The van der Waals surface area contributed by atoms with Crippen molar-refractivity contribution >= 4 is 17.9 Å². The fourth-order valence-corrected chi connectivity index (χ4v) is 7.07.